The van der Waals surface area contributed by atoms with Crippen LogP contribution < -0.4 is 5.73 Å². The molecule has 1 aromatic rings. The Morgan fingerprint density at radius 1 is 1.50 bits per heavy atom. The van der Waals surface area contributed by atoms with Gasteiger partial charge in [0.25, 0.3) is 0 Å². The molecule has 0 aliphatic rings. The van der Waals surface area contributed by atoms with Gasteiger partial charge in [-0.1, -0.05) is 6.92 Å². The fraction of sp³-hybridized carbons (Fsp3) is 0.600. The van der Waals surface area contributed by atoms with E-state index in [0.29, 0.717) is 0 Å². The van der Waals surface area contributed by atoms with Crippen LogP contribution in [0.2, 0.25) is 0 Å². The first-order chi connectivity index (χ1) is 8.36. The predicted molar refractivity (Wildman–Crippen MR) is 57.0 cm³/mol. The van der Waals surface area contributed by atoms with Crippen molar-refractivity contribution in [2.75, 3.05) is 13.7 Å². The molecule has 0 radical (unpaired) electrons. The zero-order valence-corrected chi connectivity index (χ0v) is 10.0. The Balaban J connectivity index is 3.43. The molecule has 0 unspecified atom stereocenters. The Morgan fingerprint density at radius 3 is 2.50 bits per heavy atom. The van der Waals surface area contributed by atoms with Crippen molar-refractivity contribution in [3.8, 4) is 0 Å². The molecule has 1 rings (SSSR count). The van der Waals surface area contributed by atoms with Gasteiger partial charge in [0.15, 0.2) is 5.69 Å². The number of nitrogens with two attached hydrogens (primary N) is 1. The van der Waals surface area contributed by atoms with Gasteiger partial charge in [-0.15, -0.1) is 0 Å². The second-order valence-corrected chi connectivity index (χ2v) is 3.51. The molecule has 0 spiro atoms. The highest BCUT2D eigenvalue weighted by molar-refractivity contribution is 5.88. The van der Waals surface area contributed by atoms with E-state index in [-0.39, 0.29) is 30.9 Å². The molecule has 0 amide bonds. The van der Waals surface area contributed by atoms with E-state index in [1.54, 1.807) is 6.92 Å². The molecule has 0 aliphatic carbocycles. The van der Waals surface area contributed by atoms with Crippen molar-refractivity contribution in [2.45, 2.75) is 26.1 Å². The highest BCUT2D eigenvalue weighted by Gasteiger charge is 2.39. The van der Waals surface area contributed by atoms with E-state index in [4.69, 9.17) is 5.73 Å². The van der Waals surface area contributed by atoms with Crippen LogP contribution in [0.5, 0.6) is 0 Å². The van der Waals surface area contributed by atoms with E-state index in [0.717, 1.165) is 11.7 Å². The summed E-state index contributed by atoms with van der Waals surface area (Å²) in [5.74, 6) is -2.00. The number of methoxy groups -OCH3 is 1. The molecule has 0 aliphatic heterocycles. The maximum absolute atomic E-state index is 12.8. The Morgan fingerprint density at radius 2 is 2.11 bits per heavy atom. The van der Waals surface area contributed by atoms with Crippen LogP contribution in [0.3, 0.4) is 0 Å². The number of ether oxygens (including phenoxy) is 1. The summed E-state index contributed by atoms with van der Waals surface area (Å²) in [4.78, 5) is 14.7. The van der Waals surface area contributed by atoms with Crippen molar-refractivity contribution in [3.63, 3.8) is 0 Å². The summed E-state index contributed by atoms with van der Waals surface area (Å²) in [5.41, 5.74) is 5.16. The number of hydrogen-bond donors (Lipinski definition) is 1. The Labute approximate surface area is 102 Å². The molecule has 2 N–H and O–H groups in total. The summed E-state index contributed by atoms with van der Waals surface area (Å²) in [7, 11) is 1.09. The zero-order chi connectivity index (χ0) is 13.9. The number of alkyl halides is 3. The molecule has 0 bridgehead atoms. The van der Waals surface area contributed by atoms with Crippen molar-refractivity contribution < 1.29 is 22.7 Å². The summed E-state index contributed by atoms with van der Waals surface area (Å²) in [6, 6.07) is 0. The summed E-state index contributed by atoms with van der Waals surface area (Å²) in [6.07, 6.45) is -4.40. The van der Waals surface area contributed by atoms with Gasteiger partial charge in [0.1, 0.15) is 0 Å². The normalized spacial score (nSPS) is 11.7. The second-order valence-electron chi connectivity index (χ2n) is 3.51. The number of carbonyl (C=O) groups excluding carboxylic acids is 1. The van der Waals surface area contributed by atoms with Crippen molar-refractivity contribution in [1.29, 1.82) is 0 Å². The van der Waals surface area contributed by atoms with Gasteiger partial charge in [0, 0.05) is 13.1 Å². The lowest BCUT2D eigenvalue weighted by Gasteiger charge is -2.11. The molecule has 0 saturated carbocycles. The third kappa shape index (κ3) is 2.63. The summed E-state index contributed by atoms with van der Waals surface area (Å²) >= 11 is 0. The number of rotatable bonds is 4. The van der Waals surface area contributed by atoms with Gasteiger partial charge < -0.3 is 15.0 Å². The molecule has 102 valence electrons. The van der Waals surface area contributed by atoms with Crippen molar-refractivity contribution in [3.05, 3.63) is 17.2 Å². The molecular formula is C10H14F3N3O2. The number of imidazole rings is 1. The first kappa shape index (κ1) is 14.5. The summed E-state index contributed by atoms with van der Waals surface area (Å²) in [6.45, 7) is 1.60. The maximum atomic E-state index is 12.8. The number of carbonyl (C=O) groups is 1. The molecule has 0 fully saturated rings. The van der Waals surface area contributed by atoms with E-state index >= 15 is 0 Å². The lowest BCUT2D eigenvalue weighted by atomic mass is 10.2. The summed E-state index contributed by atoms with van der Waals surface area (Å²) in [5, 5.41) is 0. The molecule has 0 atom stereocenters. The van der Waals surface area contributed by atoms with Crippen LogP contribution in [-0.2, 0) is 23.9 Å². The van der Waals surface area contributed by atoms with Crippen LogP contribution in [0.25, 0.3) is 0 Å². The largest absolute Gasteiger partial charge is 0.464 e. The fourth-order valence-corrected chi connectivity index (χ4v) is 1.69. The average Bonchev–Trinajstić information content (AvgIpc) is 2.67. The SMILES string of the molecule is CCc1c(C(=O)OC)nc(C(F)(F)F)n1CCN. The van der Waals surface area contributed by atoms with Gasteiger partial charge in [0.05, 0.1) is 12.8 Å². The van der Waals surface area contributed by atoms with Gasteiger partial charge in [-0.05, 0) is 6.42 Å². The van der Waals surface area contributed by atoms with E-state index in [1.807, 2.05) is 0 Å². The Bertz CT molecular complexity index is 440. The van der Waals surface area contributed by atoms with Crippen LogP contribution in [0.4, 0.5) is 13.2 Å². The second kappa shape index (κ2) is 5.38. The lowest BCUT2D eigenvalue weighted by Crippen LogP contribution is -2.20. The van der Waals surface area contributed by atoms with Crippen LogP contribution in [0.15, 0.2) is 0 Å². The highest BCUT2D eigenvalue weighted by atomic mass is 19.4. The van der Waals surface area contributed by atoms with Crippen LogP contribution in [-0.4, -0.2) is 29.2 Å². The quantitative estimate of drug-likeness (QED) is 0.831. The standard InChI is InChI=1S/C10H14F3N3O2/c1-3-6-7(8(17)18-2)15-9(10(11,12)13)16(6)5-4-14/h3-5,14H2,1-2H3. The number of nitrogens with zero attached hydrogens (tertiary/aromatic N) is 2. The molecule has 18 heavy (non-hydrogen) atoms. The third-order valence-corrected chi connectivity index (χ3v) is 2.39. The van der Waals surface area contributed by atoms with Crippen molar-refractivity contribution >= 4 is 5.97 Å². The van der Waals surface area contributed by atoms with Gasteiger partial charge in [-0.25, -0.2) is 9.78 Å². The van der Waals surface area contributed by atoms with Gasteiger partial charge in [-0.3, -0.25) is 0 Å². The van der Waals surface area contributed by atoms with Gasteiger partial charge >= 0.3 is 12.1 Å². The minimum Gasteiger partial charge on any atom is -0.464 e. The summed E-state index contributed by atoms with van der Waals surface area (Å²) < 4.78 is 43.7. The highest BCUT2D eigenvalue weighted by Crippen LogP contribution is 2.30. The van der Waals surface area contributed by atoms with E-state index in [1.165, 1.54) is 0 Å². The third-order valence-electron chi connectivity index (χ3n) is 2.39. The predicted octanol–water partition coefficient (Wildman–Crippen LogP) is 1.21. The lowest BCUT2D eigenvalue weighted by molar-refractivity contribution is -0.147. The van der Waals surface area contributed by atoms with Crippen molar-refractivity contribution in [2.24, 2.45) is 5.73 Å². The maximum Gasteiger partial charge on any atom is 0.449 e. The van der Waals surface area contributed by atoms with Crippen LogP contribution in [0, 0.1) is 0 Å². The van der Waals surface area contributed by atoms with Crippen LogP contribution >= 0.6 is 0 Å². The topological polar surface area (TPSA) is 70.1 Å². The number of halogens is 3. The molecule has 0 aromatic carbocycles. The monoisotopic (exact) mass is 265 g/mol. The molecular weight excluding hydrogens is 251 g/mol. The average molecular weight is 265 g/mol. The first-order valence-corrected chi connectivity index (χ1v) is 5.31. The molecule has 5 nitrogen and oxygen atoms in total. The van der Waals surface area contributed by atoms with Gasteiger partial charge in [0.2, 0.25) is 5.82 Å². The molecule has 0 saturated heterocycles. The number of esters is 1. The van der Waals surface area contributed by atoms with E-state index in [9.17, 15) is 18.0 Å². The zero-order valence-electron chi connectivity index (χ0n) is 10.0. The Hall–Kier alpha value is -1.57. The fourth-order valence-electron chi connectivity index (χ4n) is 1.69. The first-order valence-electron chi connectivity index (χ1n) is 5.31. The smallest absolute Gasteiger partial charge is 0.449 e. The Kier molecular flexibility index (Phi) is 4.33. The number of hydrogen-bond acceptors (Lipinski definition) is 4. The molecule has 1 heterocycles. The van der Waals surface area contributed by atoms with E-state index < -0.39 is 18.0 Å². The van der Waals surface area contributed by atoms with Crippen LogP contribution in [0.1, 0.15) is 28.9 Å². The molecule has 1 aromatic heterocycles. The van der Waals surface area contributed by atoms with Gasteiger partial charge in [-0.2, -0.15) is 13.2 Å². The molecule has 8 heteroatoms. The van der Waals surface area contributed by atoms with E-state index in [2.05, 4.69) is 9.72 Å². The van der Waals surface area contributed by atoms with Crippen molar-refractivity contribution in [1.82, 2.24) is 9.55 Å². The minimum absolute atomic E-state index is 0.0209. The number of aromatic nitrogens is 2. The minimum atomic E-state index is -4.63.